The molecule has 0 saturated carbocycles. The predicted octanol–water partition coefficient (Wildman–Crippen LogP) is 4.19. The van der Waals surface area contributed by atoms with Crippen LogP contribution in [0.4, 0.5) is 4.39 Å². The van der Waals surface area contributed by atoms with Gasteiger partial charge in [0.25, 0.3) is 0 Å². The molecule has 0 amide bonds. The number of nitrogens with zero attached hydrogens (tertiary/aromatic N) is 2. The molecule has 0 unspecified atom stereocenters. The Bertz CT molecular complexity index is 1210. The van der Waals surface area contributed by atoms with Crippen molar-refractivity contribution in [2.75, 3.05) is 0 Å². The van der Waals surface area contributed by atoms with Gasteiger partial charge in [0, 0.05) is 5.56 Å². The number of aromatic nitrogens is 3. The quantitative estimate of drug-likeness (QED) is 0.556. The molecule has 2 aromatic heterocycles. The smallest absolute Gasteiger partial charge is 0.235 e. The maximum Gasteiger partial charge on any atom is 0.235 e. The van der Waals surface area contributed by atoms with Crippen LogP contribution in [0.15, 0.2) is 53.3 Å². The fourth-order valence-electron chi connectivity index (χ4n) is 2.98. The second-order valence-electron chi connectivity index (χ2n) is 5.86. The molecular formula is C19H13ClFN3O2. The summed E-state index contributed by atoms with van der Waals surface area (Å²) in [6, 6.07) is 12.7. The molecule has 2 heterocycles. The van der Waals surface area contributed by atoms with Crippen molar-refractivity contribution in [1.82, 2.24) is 14.8 Å². The van der Waals surface area contributed by atoms with Gasteiger partial charge in [0.05, 0.1) is 27.5 Å². The summed E-state index contributed by atoms with van der Waals surface area (Å²) in [6.45, 7) is 1.65. The molecule has 0 atom stereocenters. The van der Waals surface area contributed by atoms with Gasteiger partial charge >= 0.3 is 0 Å². The van der Waals surface area contributed by atoms with E-state index in [1.54, 1.807) is 43.3 Å². The fourth-order valence-corrected chi connectivity index (χ4v) is 3.21. The van der Waals surface area contributed by atoms with Crippen LogP contribution in [0.3, 0.4) is 0 Å². The van der Waals surface area contributed by atoms with Crippen molar-refractivity contribution in [1.29, 1.82) is 0 Å². The van der Waals surface area contributed by atoms with E-state index in [9.17, 15) is 14.3 Å². The number of benzene rings is 2. The second-order valence-corrected chi connectivity index (χ2v) is 6.27. The number of rotatable bonds is 2. The molecule has 4 aromatic rings. The zero-order chi connectivity index (χ0) is 18.4. The second kappa shape index (κ2) is 6.00. The standard InChI is InChI=1S/C19H13ClFN3O2/c1-10-15-17(25)18(26)16(13-7-2-3-8-14(13)20)22-19(15)24(23-10)12-6-4-5-11(21)9-12/h2-9,26H,1H3,(H,22,25). The van der Waals surface area contributed by atoms with Gasteiger partial charge in [-0.3, -0.25) is 4.79 Å². The minimum atomic E-state index is -0.561. The summed E-state index contributed by atoms with van der Waals surface area (Å²) in [4.78, 5) is 15.8. The third kappa shape index (κ3) is 2.46. The van der Waals surface area contributed by atoms with Gasteiger partial charge in [-0.15, -0.1) is 0 Å². The van der Waals surface area contributed by atoms with E-state index in [0.29, 0.717) is 27.6 Å². The topological polar surface area (TPSA) is 70.9 Å². The highest BCUT2D eigenvalue weighted by atomic mass is 35.5. The average molecular weight is 370 g/mol. The van der Waals surface area contributed by atoms with Gasteiger partial charge < -0.3 is 10.1 Å². The number of nitrogens with one attached hydrogen (secondary N) is 1. The number of hydrogen-bond acceptors (Lipinski definition) is 3. The summed E-state index contributed by atoms with van der Waals surface area (Å²) >= 11 is 6.21. The van der Waals surface area contributed by atoms with E-state index < -0.39 is 17.0 Å². The molecule has 130 valence electrons. The Morgan fingerprint density at radius 1 is 1.19 bits per heavy atom. The Morgan fingerprint density at radius 3 is 2.69 bits per heavy atom. The Balaban J connectivity index is 2.09. The number of halogens is 2. The summed E-state index contributed by atoms with van der Waals surface area (Å²) in [5.74, 6) is -0.858. The molecule has 0 bridgehead atoms. The van der Waals surface area contributed by atoms with Gasteiger partial charge in [-0.1, -0.05) is 35.9 Å². The van der Waals surface area contributed by atoms with Gasteiger partial charge in [-0.2, -0.15) is 5.10 Å². The lowest BCUT2D eigenvalue weighted by atomic mass is 10.1. The molecule has 0 spiro atoms. The molecule has 0 aliphatic carbocycles. The lowest BCUT2D eigenvalue weighted by Crippen LogP contribution is -2.07. The van der Waals surface area contributed by atoms with Crippen LogP contribution in [-0.4, -0.2) is 19.9 Å². The maximum atomic E-state index is 13.6. The minimum absolute atomic E-state index is 0.186. The van der Waals surface area contributed by atoms with Crippen molar-refractivity contribution in [3.63, 3.8) is 0 Å². The van der Waals surface area contributed by atoms with Gasteiger partial charge in [-0.25, -0.2) is 9.07 Å². The van der Waals surface area contributed by atoms with Crippen molar-refractivity contribution < 1.29 is 9.50 Å². The van der Waals surface area contributed by atoms with E-state index in [2.05, 4.69) is 10.1 Å². The molecule has 2 N–H and O–H groups in total. The maximum absolute atomic E-state index is 13.6. The van der Waals surface area contributed by atoms with E-state index in [1.165, 1.54) is 16.8 Å². The van der Waals surface area contributed by atoms with Crippen molar-refractivity contribution in [2.24, 2.45) is 0 Å². The summed E-state index contributed by atoms with van der Waals surface area (Å²) in [6.07, 6.45) is 0. The van der Waals surface area contributed by atoms with Crippen molar-refractivity contribution in [3.8, 4) is 22.7 Å². The normalized spacial score (nSPS) is 11.2. The predicted molar refractivity (Wildman–Crippen MR) is 98.5 cm³/mol. The van der Waals surface area contributed by atoms with E-state index in [0.717, 1.165) is 0 Å². The molecule has 2 aromatic carbocycles. The lowest BCUT2D eigenvalue weighted by Gasteiger charge is -2.09. The molecule has 4 rings (SSSR count). The highest BCUT2D eigenvalue weighted by molar-refractivity contribution is 6.33. The van der Waals surface area contributed by atoms with Gasteiger partial charge in [0.15, 0.2) is 5.75 Å². The van der Waals surface area contributed by atoms with Crippen molar-refractivity contribution >= 4 is 22.6 Å². The molecular weight excluding hydrogens is 357 g/mol. The van der Waals surface area contributed by atoms with Crippen LogP contribution < -0.4 is 5.43 Å². The molecule has 0 aliphatic heterocycles. The monoisotopic (exact) mass is 369 g/mol. The number of aromatic hydroxyl groups is 1. The van der Waals surface area contributed by atoms with E-state index in [1.807, 2.05) is 0 Å². The number of pyridine rings is 1. The number of hydrogen-bond donors (Lipinski definition) is 2. The fraction of sp³-hybridized carbons (Fsp3) is 0.0526. The highest BCUT2D eigenvalue weighted by Gasteiger charge is 2.20. The molecule has 0 radical (unpaired) electrons. The molecule has 5 nitrogen and oxygen atoms in total. The Hall–Kier alpha value is -3.12. The first kappa shape index (κ1) is 16.4. The molecule has 0 saturated heterocycles. The van der Waals surface area contributed by atoms with E-state index >= 15 is 0 Å². The summed E-state index contributed by atoms with van der Waals surface area (Å²) in [5, 5.41) is 15.4. The Morgan fingerprint density at radius 2 is 1.96 bits per heavy atom. The summed E-state index contributed by atoms with van der Waals surface area (Å²) < 4.78 is 15.1. The van der Waals surface area contributed by atoms with Crippen LogP contribution in [0.1, 0.15) is 5.69 Å². The third-order valence-electron chi connectivity index (χ3n) is 4.18. The Labute approximate surface area is 152 Å². The van der Waals surface area contributed by atoms with Crippen LogP contribution in [0.25, 0.3) is 28.0 Å². The van der Waals surface area contributed by atoms with E-state index in [4.69, 9.17) is 11.6 Å². The van der Waals surface area contributed by atoms with Crippen LogP contribution in [0.5, 0.6) is 5.75 Å². The van der Waals surface area contributed by atoms with Crippen LogP contribution in [-0.2, 0) is 0 Å². The van der Waals surface area contributed by atoms with Crippen LogP contribution in [0.2, 0.25) is 5.02 Å². The molecule has 0 fully saturated rings. The molecule has 26 heavy (non-hydrogen) atoms. The van der Waals surface area contributed by atoms with Crippen molar-refractivity contribution in [3.05, 3.63) is 75.3 Å². The first-order valence-corrected chi connectivity index (χ1v) is 8.20. The highest BCUT2D eigenvalue weighted by Crippen LogP contribution is 2.33. The number of aryl methyl sites for hydroxylation is 1. The van der Waals surface area contributed by atoms with Crippen LogP contribution in [0, 0.1) is 12.7 Å². The zero-order valence-electron chi connectivity index (χ0n) is 13.6. The number of fused-ring (bicyclic) bond motifs is 1. The van der Waals surface area contributed by atoms with Gasteiger partial charge in [-0.05, 0) is 31.2 Å². The van der Waals surface area contributed by atoms with E-state index in [-0.39, 0.29) is 11.1 Å². The van der Waals surface area contributed by atoms with Crippen LogP contribution >= 0.6 is 11.6 Å². The first-order valence-electron chi connectivity index (χ1n) is 7.83. The van der Waals surface area contributed by atoms with Crippen molar-refractivity contribution in [2.45, 2.75) is 6.92 Å². The summed E-state index contributed by atoms with van der Waals surface area (Å²) in [5.41, 5.74) is 1.33. The third-order valence-corrected chi connectivity index (χ3v) is 4.51. The van der Waals surface area contributed by atoms with Gasteiger partial charge in [0.1, 0.15) is 11.5 Å². The SMILES string of the molecule is Cc1nn(-c2cccc(F)c2)c2[nH]c(-c3ccccc3Cl)c(O)c(=O)c12. The zero-order valence-corrected chi connectivity index (χ0v) is 14.4. The molecule has 7 heteroatoms. The largest absolute Gasteiger partial charge is 0.503 e. The van der Waals surface area contributed by atoms with Gasteiger partial charge in [0.2, 0.25) is 5.43 Å². The number of aromatic amines is 1. The first-order chi connectivity index (χ1) is 12.5. The molecule has 0 aliphatic rings. The number of H-pyrrole nitrogens is 1. The lowest BCUT2D eigenvalue weighted by molar-refractivity contribution is 0.471. The Kier molecular flexibility index (Phi) is 3.77. The minimum Gasteiger partial charge on any atom is -0.503 e. The summed E-state index contributed by atoms with van der Waals surface area (Å²) in [7, 11) is 0. The average Bonchev–Trinajstić information content (AvgIpc) is 2.95.